The summed E-state index contributed by atoms with van der Waals surface area (Å²) in [5.74, 6) is 0.637. The van der Waals surface area contributed by atoms with Crippen molar-refractivity contribution >= 4 is 16.9 Å². The summed E-state index contributed by atoms with van der Waals surface area (Å²) in [6.07, 6.45) is 5.21. The van der Waals surface area contributed by atoms with E-state index in [1.165, 1.54) is 11.6 Å². The molecule has 0 aromatic carbocycles. The molecule has 1 saturated heterocycles. The standard InChI is InChI=1S/C19H24N4O3/c1-21-16-14(18(25)22(2)19(21)26)7-8-15(20-16)13-9-10-23(11-13)17(24)12-5-3-4-6-12/h7-8,12-13H,3-6,9-11H2,1-2H3/t13-/m1/s1. The minimum absolute atomic E-state index is 0.156. The van der Waals surface area contributed by atoms with Crippen molar-refractivity contribution in [3.05, 3.63) is 38.7 Å². The quantitative estimate of drug-likeness (QED) is 0.808. The van der Waals surface area contributed by atoms with Gasteiger partial charge >= 0.3 is 5.69 Å². The van der Waals surface area contributed by atoms with Gasteiger partial charge in [0.05, 0.1) is 5.39 Å². The van der Waals surface area contributed by atoms with Crippen LogP contribution in [0, 0.1) is 5.92 Å². The van der Waals surface area contributed by atoms with Crippen LogP contribution in [-0.4, -0.2) is 38.0 Å². The van der Waals surface area contributed by atoms with Crippen molar-refractivity contribution in [2.45, 2.75) is 38.0 Å². The molecule has 1 atom stereocenters. The Balaban J connectivity index is 1.63. The third-order valence-electron chi connectivity index (χ3n) is 5.95. The molecule has 0 radical (unpaired) electrons. The molecule has 7 heteroatoms. The number of rotatable bonds is 2. The summed E-state index contributed by atoms with van der Waals surface area (Å²) >= 11 is 0. The molecule has 2 aliphatic rings. The number of hydrogen-bond donors (Lipinski definition) is 0. The van der Waals surface area contributed by atoms with E-state index in [1.54, 1.807) is 13.1 Å². The Labute approximate surface area is 151 Å². The third kappa shape index (κ3) is 2.66. The molecular weight excluding hydrogens is 332 g/mol. The van der Waals surface area contributed by atoms with E-state index in [2.05, 4.69) is 4.98 Å². The Morgan fingerprint density at radius 3 is 2.54 bits per heavy atom. The topological polar surface area (TPSA) is 77.2 Å². The first-order valence-electron chi connectivity index (χ1n) is 9.33. The Hall–Kier alpha value is -2.44. The molecule has 138 valence electrons. The predicted octanol–water partition coefficient (Wildman–Crippen LogP) is 1.14. The Bertz CT molecular complexity index is 985. The SMILES string of the molecule is Cn1c(=O)c2ccc([C@@H]3CCN(C(=O)C4CCCC4)C3)nc2n(C)c1=O. The van der Waals surface area contributed by atoms with E-state index in [0.29, 0.717) is 17.6 Å². The Morgan fingerprint density at radius 2 is 1.81 bits per heavy atom. The van der Waals surface area contributed by atoms with Crippen LogP contribution >= 0.6 is 0 Å². The highest BCUT2D eigenvalue weighted by atomic mass is 16.2. The largest absolute Gasteiger partial charge is 0.342 e. The molecule has 1 saturated carbocycles. The first-order chi connectivity index (χ1) is 12.5. The monoisotopic (exact) mass is 356 g/mol. The molecule has 2 fully saturated rings. The van der Waals surface area contributed by atoms with Gasteiger partial charge in [0.2, 0.25) is 5.91 Å². The predicted molar refractivity (Wildman–Crippen MR) is 98.1 cm³/mol. The van der Waals surface area contributed by atoms with Crippen molar-refractivity contribution in [1.29, 1.82) is 0 Å². The number of fused-ring (bicyclic) bond motifs is 1. The van der Waals surface area contributed by atoms with Crippen molar-refractivity contribution in [3.8, 4) is 0 Å². The van der Waals surface area contributed by atoms with Crippen LogP contribution < -0.4 is 11.2 Å². The summed E-state index contributed by atoms with van der Waals surface area (Å²) in [6.45, 7) is 1.43. The van der Waals surface area contributed by atoms with Crippen LogP contribution in [0.2, 0.25) is 0 Å². The summed E-state index contributed by atoms with van der Waals surface area (Å²) in [5, 5.41) is 0.440. The molecule has 0 bridgehead atoms. The van der Waals surface area contributed by atoms with Crippen LogP contribution in [0.1, 0.15) is 43.7 Å². The average molecular weight is 356 g/mol. The van der Waals surface area contributed by atoms with Gasteiger partial charge in [-0.05, 0) is 31.4 Å². The second-order valence-electron chi connectivity index (χ2n) is 7.56. The minimum atomic E-state index is -0.378. The Kier molecular flexibility index (Phi) is 4.17. The van der Waals surface area contributed by atoms with Crippen LogP contribution in [0.4, 0.5) is 0 Å². The summed E-state index contributed by atoms with van der Waals surface area (Å²) in [4.78, 5) is 43.7. The second kappa shape index (κ2) is 6.37. The lowest BCUT2D eigenvalue weighted by Gasteiger charge is -2.20. The van der Waals surface area contributed by atoms with Gasteiger partial charge in [-0.1, -0.05) is 12.8 Å². The molecule has 4 rings (SSSR count). The van der Waals surface area contributed by atoms with Crippen molar-refractivity contribution < 1.29 is 4.79 Å². The average Bonchev–Trinajstić information content (AvgIpc) is 3.35. The smallest absolute Gasteiger partial charge is 0.332 e. The number of amides is 1. The first-order valence-corrected chi connectivity index (χ1v) is 9.33. The van der Waals surface area contributed by atoms with Crippen molar-refractivity contribution in [3.63, 3.8) is 0 Å². The fraction of sp³-hybridized carbons (Fsp3) is 0.579. The number of hydrogen-bond acceptors (Lipinski definition) is 4. The molecule has 0 spiro atoms. The zero-order valence-electron chi connectivity index (χ0n) is 15.3. The third-order valence-corrected chi connectivity index (χ3v) is 5.95. The maximum Gasteiger partial charge on any atom is 0.332 e. The fourth-order valence-corrected chi connectivity index (χ4v) is 4.33. The number of likely N-dealkylation sites (tertiary alicyclic amines) is 1. The van der Waals surface area contributed by atoms with E-state index in [1.807, 2.05) is 11.0 Å². The number of aromatic nitrogens is 3. The Morgan fingerprint density at radius 1 is 1.08 bits per heavy atom. The van der Waals surface area contributed by atoms with Gasteiger partial charge in [-0.2, -0.15) is 0 Å². The summed E-state index contributed by atoms with van der Waals surface area (Å²) in [5.41, 5.74) is 0.557. The number of carbonyl (C=O) groups is 1. The lowest BCUT2D eigenvalue weighted by atomic mass is 10.0. The van der Waals surface area contributed by atoms with Gasteiger partial charge < -0.3 is 4.90 Å². The van der Waals surface area contributed by atoms with E-state index >= 15 is 0 Å². The van der Waals surface area contributed by atoms with E-state index in [0.717, 1.165) is 48.9 Å². The zero-order chi connectivity index (χ0) is 18.4. The molecule has 1 amide bonds. The highest BCUT2D eigenvalue weighted by molar-refractivity contribution is 5.79. The molecule has 2 aromatic heterocycles. The molecule has 1 aliphatic carbocycles. The van der Waals surface area contributed by atoms with Gasteiger partial charge in [-0.15, -0.1) is 0 Å². The molecule has 0 N–H and O–H groups in total. The van der Waals surface area contributed by atoms with Gasteiger partial charge in [-0.25, -0.2) is 9.78 Å². The fourth-order valence-electron chi connectivity index (χ4n) is 4.33. The number of aryl methyl sites for hydroxylation is 1. The maximum atomic E-state index is 12.6. The van der Waals surface area contributed by atoms with Gasteiger partial charge in [0.25, 0.3) is 5.56 Å². The number of carbonyl (C=O) groups excluding carboxylic acids is 1. The zero-order valence-corrected chi connectivity index (χ0v) is 15.3. The van der Waals surface area contributed by atoms with Gasteiger partial charge in [0.15, 0.2) is 0 Å². The minimum Gasteiger partial charge on any atom is -0.342 e. The molecule has 3 heterocycles. The summed E-state index contributed by atoms with van der Waals surface area (Å²) < 4.78 is 2.51. The van der Waals surface area contributed by atoms with Crippen LogP contribution in [-0.2, 0) is 18.9 Å². The van der Waals surface area contributed by atoms with Crippen LogP contribution in [0.15, 0.2) is 21.7 Å². The normalized spacial score (nSPS) is 21.0. The van der Waals surface area contributed by atoms with Gasteiger partial charge in [-0.3, -0.25) is 18.7 Å². The van der Waals surface area contributed by atoms with E-state index < -0.39 is 0 Å². The number of pyridine rings is 1. The van der Waals surface area contributed by atoms with Crippen LogP contribution in [0.25, 0.3) is 11.0 Å². The first kappa shape index (κ1) is 17.0. The van der Waals surface area contributed by atoms with Crippen LogP contribution in [0.3, 0.4) is 0 Å². The maximum absolute atomic E-state index is 12.6. The highest BCUT2D eigenvalue weighted by Crippen LogP contribution is 2.31. The molecule has 2 aromatic rings. The van der Waals surface area contributed by atoms with E-state index in [9.17, 15) is 14.4 Å². The molecule has 0 unspecified atom stereocenters. The van der Waals surface area contributed by atoms with E-state index in [4.69, 9.17) is 0 Å². The van der Waals surface area contributed by atoms with E-state index in [-0.39, 0.29) is 29.0 Å². The molecule has 26 heavy (non-hydrogen) atoms. The lowest BCUT2D eigenvalue weighted by molar-refractivity contribution is -0.134. The number of nitrogens with zero attached hydrogens (tertiary/aromatic N) is 4. The molecular formula is C19H24N4O3. The summed E-state index contributed by atoms with van der Waals surface area (Å²) in [6, 6.07) is 3.61. The van der Waals surface area contributed by atoms with Crippen LogP contribution in [0.5, 0.6) is 0 Å². The summed E-state index contributed by atoms with van der Waals surface area (Å²) in [7, 11) is 3.10. The van der Waals surface area contributed by atoms with Crippen molar-refractivity contribution in [2.24, 2.45) is 20.0 Å². The van der Waals surface area contributed by atoms with Crippen molar-refractivity contribution in [2.75, 3.05) is 13.1 Å². The molecule has 1 aliphatic heterocycles. The second-order valence-corrected chi connectivity index (χ2v) is 7.56. The van der Waals surface area contributed by atoms with Gasteiger partial charge in [0, 0.05) is 44.7 Å². The lowest BCUT2D eigenvalue weighted by Crippen LogP contribution is -2.37. The van der Waals surface area contributed by atoms with Gasteiger partial charge in [0.1, 0.15) is 5.65 Å². The van der Waals surface area contributed by atoms with Crippen molar-refractivity contribution in [1.82, 2.24) is 19.0 Å². The highest BCUT2D eigenvalue weighted by Gasteiger charge is 2.33. The molecule has 7 nitrogen and oxygen atoms in total.